The molecule has 8 heteroatoms. The molecular formula is C30H42N6O2. The van der Waals surface area contributed by atoms with E-state index in [1.165, 1.54) is 19.3 Å². The number of piperidine rings is 1. The Bertz CT molecular complexity index is 1180. The topological polar surface area (TPSA) is 83.4 Å². The number of nitrogens with one attached hydrogen (secondary N) is 1. The number of carbonyl (C=O) groups is 2. The van der Waals surface area contributed by atoms with E-state index >= 15 is 0 Å². The molecule has 2 aromatic heterocycles. The van der Waals surface area contributed by atoms with E-state index in [0.717, 1.165) is 64.8 Å². The van der Waals surface area contributed by atoms with Gasteiger partial charge in [-0.2, -0.15) is 0 Å². The lowest BCUT2D eigenvalue weighted by Crippen LogP contribution is -2.33. The monoisotopic (exact) mass is 518 g/mol. The fourth-order valence-corrected chi connectivity index (χ4v) is 5.00. The van der Waals surface area contributed by atoms with E-state index in [4.69, 9.17) is 9.97 Å². The highest BCUT2D eigenvalue weighted by Gasteiger charge is 2.21. The van der Waals surface area contributed by atoms with Gasteiger partial charge in [-0.15, -0.1) is 0 Å². The Morgan fingerprint density at radius 2 is 1.58 bits per heavy atom. The van der Waals surface area contributed by atoms with Crippen LogP contribution in [0.15, 0.2) is 42.5 Å². The molecule has 4 rings (SSSR count). The van der Waals surface area contributed by atoms with E-state index in [1.807, 2.05) is 33.7 Å². The second kappa shape index (κ2) is 14.0. The number of anilines is 1. The summed E-state index contributed by atoms with van der Waals surface area (Å²) in [6.07, 6.45) is 8.76. The van der Waals surface area contributed by atoms with Gasteiger partial charge in [0.25, 0.3) is 11.8 Å². The molecule has 1 aromatic carbocycles. The van der Waals surface area contributed by atoms with Crippen LogP contribution in [0.3, 0.4) is 0 Å². The standard InChI is InChI=1S/C30H42N6O2/c1-3-5-21-35(22-6-4-2)29(38)26-17-16-25-27(31-26)36(23-13-20-34-18-11-8-12-19-34)30(32-25)33-28(37)24-14-9-7-10-15-24/h7,9-10,14-17H,3-6,8,11-13,18-23H2,1-2H3,(H,32,33,37). The molecule has 0 atom stereocenters. The maximum Gasteiger partial charge on any atom is 0.272 e. The Kier molecular flexibility index (Phi) is 10.3. The normalized spacial score (nSPS) is 14.1. The highest BCUT2D eigenvalue weighted by atomic mass is 16.2. The smallest absolute Gasteiger partial charge is 0.272 e. The van der Waals surface area contributed by atoms with Crippen LogP contribution < -0.4 is 5.32 Å². The number of aromatic nitrogens is 3. The second-order valence-corrected chi connectivity index (χ2v) is 10.2. The van der Waals surface area contributed by atoms with E-state index in [-0.39, 0.29) is 11.8 Å². The molecule has 8 nitrogen and oxygen atoms in total. The van der Waals surface area contributed by atoms with Gasteiger partial charge in [-0.1, -0.05) is 51.3 Å². The number of unbranched alkanes of at least 4 members (excludes halogenated alkanes) is 2. The SMILES string of the molecule is CCCCN(CCCC)C(=O)c1ccc2nc(NC(=O)c3ccccc3)n(CCCN3CCCCC3)c2n1. The van der Waals surface area contributed by atoms with Crippen LogP contribution in [0, 0.1) is 0 Å². The summed E-state index contributed by atoms with van der Waals surface area (Å²) >= 11 is 0. The van der Waals surface area contributed by atoms with Crippen LogP contribution >= 0.6 is 0 Å². The van der Waals surface area contributed by atoms with E-state index in [2.05, 4.69) is 24.1 Å². The van der Waals surface area contributed by atoms with Crippen LogP contribution in [-0.2, 0) is 6.54 Å². The number of aryl methyl sites for hydroxylation is 1. The summed E-state index contributed by atoms with van der Waals surface area (Å²) in [5, 5.41) is 3.00. The number of hydrogen-bond acceptors (Lipinski definition) is 5. The summed E-state index contributed by atoms with van der Waals surface area (Å²) < 4.78 is 1.97. The van der Waals surface area contributed by atoms with Gasteiger partial charge < -0.3 is 9.80 Å². The van der Waals surface area contributed by atoms with Crippen molar-refractivity contribution in [1.29, 1.82) is 0 Å². The van der Waals surface area contributed by atoms with Crippen molar-refractivity contribution in [2.75, 3.05) is 38.0 Å². The molecule has 3 aromatic rings. The molecule has 0 saturated carbocycles. The lowest BCUT2D eigenvalue weighted by molar-refractivity contribution is 0.0745. The number of benzene rings is 1. The summed E-state index contributed by atoms with van der Waals surface area (Å²) in [4.78, 5) is 40.4. The summed E-state index contributed by atoms with van der Waals surface area (Å²) in [6, 6.07) is 12.8. The molecule has 0 aliphatic carbocycles. The van der Waals surface area contributed by atoms with Gasteiger partial charge >= 0.3 is 0 Å². The van der Waals surface area contributed by atoms with Gasteiger partial charge in [0.05, 0.1) is 0 Å². The van der Waals surface area contributed by atoms with E-state index in [0.29, 0.717) is 34.9 Å². The lowest BCUT2D eigenvalue weighted by atomic mass is 10.1. The van der Waals surface area contributed by atoms with E-state index in [1.54, 1.807) is 18.2 Å². The van der Waals surface area contributed by atoms with Crippen molar-refractivity contribution < 1.29 is 9.59 Å². The Balaban J connectivity index is 1.60. The fourth-order valence-electron chi connectivity index (χ4n) is 5.00. The highest BCUT2D eigenvalue weighted by molar-refractivity contribution is 6.04. The summed E-state index contributed by atoms with van der Waals surface area (Å²) in [7, 11) is 0. The summed E-state index contributed by atoms with van der Waals surface area (Å²) in [5.74, 6) is 0.225. The number of pyridine rings is 1. The van der Waals surface area contributed by atoms with Crippen LogP contribution in [-0.4, -0.2) is 68.9 Å². The van der Waals surface area contributed by atoms with Crippen LogP contribution in [0.25, 0.3) is 11.2 Å². The molecule has 0 spiro atoms. The van der Waals surface area contributed by atoms with Crippen LogP contribution in [0.1, 0.15) is 86.1 Å². The molecule has 0 bridgehead atoms. The number of rotatable bonds is 13. The van der Waals surface area contributed by atoms with Gasteiger partial charge in [-0.25, -0.2) is 9.97 Å². The molecule has 2 amide bonds. The van der Waals surface area contributed by atoms with Crippen molar-refractivity contribution in [3.63, 3.8) is 0 Å². The zero-order chi connectivity index (χ0) is 26.7. The molecular weight excluding hydrogens is 476 g/mol. The predicted molar refractivity (Wildman–Crippen MR) is 153 cm³/mol. The molecule has 204 valence electrons. The van der Waals surface area contributed by atoms with Crippen molar-refractivity contribution >= 4 is 28.9 Å². The van der Waals surface area contributed by atoms with Gasteiger partial charge in [-0.3, -0.25) is 19.5 Å². The zero-order valence-corrected chi connectivity index (χ0v) is 23.0. The van der Waals surface area contributed by atoms with Gasteiger partial charge in [0.1, 0.15) is 11.2 Å². The first-order valence-electron chi connectivity index (χ1n) is 14.4. The van der Waals surface area contributed by atoms with E-state index < -0.39 is 0 Å². The molecule has 1 aliphatic rings. The van der Waals surface area contributed by atoms with Crippen molar-refractivity contribution in [2.24, 2.45) is 0 Å². The maximum absolute atomic E-state index is 13.5. The first kappa shape index (κ1) is 27.8. The maximum atomic E-state index is 13.5. The number of fused-ring (bicyclic) bond motifs is 1. The number of carbonyl (C=O) groups excluding carboxylic acids is 2. The Morgan fingerprint density at radius 3 is 2.26 bits per heavy atom. The third-order valence-corrected chi connectivity index (χ3v) is 7.23. The molecule has 1 aliphatic heterocycles. The average molecular weight is 519 g/mol. The van der Waals surface area contributed by atoms with Crippen molar-refractivity contribution in [3.05, 3.63) is 53.7 Å². The minimum atomic E-state index is -0.209. The Hall–Kier alpha value is -3.26. The molecule has 1 saturated heterocycles. The Morgan fingerprint density at radius 1 is 0.868 bits per heavy atom. The molecule has 0 unspecified atom stereocenters. The van der Waals surface area contributed by atoms with Gasteiger partial charge in [-0.05, 0) is 76.0 Å². The molecule has 3 heterocycles. The lowest BCUT2D eigenvalue weighted by Gasteiger charge is -2.26. The van der Waals surface area contributed by atoms with Gasteiger partial charge in [0.2, 0.25) is 5.95 Å². The largest absolute Gasteiger partial charge is 0.337 e. The first-order chi connectivity index (χ1) is 18.6. The van der Waals surface area contributed by atoms with Crippen LogP contribution in [0.2, 0.25) is 0 Å². The molecule has 38 heavy (non-hydrogen) atoms. The highest BCUT2D eigenvalue weighted by Crippen LogP contribution is 2.21. The molecule has 0 radical (unpaired) electrons. The fraction of sp³-hybridized carbons (Fsp3) is 0.533. The third kappa shape index (κ3) is 7.19. The number of imidazole rings is 1. The number of nitrogens with zero attached hydrogens (tertiary/aromatic N) is 5. The quantitative estimate of drug-likeness (QED) is 0.318. The van der Waals surface area contributed by atoms with Crippen LogP contribution in [0.4, 0.5) is 5.95 Å². The second-order valence-electron chi connectivity index (χ2n) is 10.2. The predicted octanol–water partition coefficient (Wildman–Crippen LogP) is 5.60. The number of amides is 2. The van der Waals surface area contributed by atoms with Crippen molar-refractivity contribution in [3.8, 4) is 0 Å². The third-order valence-electron chi connectivity index (χ3n) is 7.23. The minimum absolute atomic E-state index is 0.0373. The van der Waals surface area contributed by atoms with E-state index in [9.17, 15) is 9.59 Å². The zero-order valence-electron chi connectivity index (χ0n) is 23.0. The van der Waals surface area contributed by atoms with Crippen molar-refractivity contribution in [2.45, 2.75) is 71.8 Å². The summed E-state index contributed by atoms with van der Waals surface area (Å²) in [6.45, 7) is 9.70. The molecule has 1 fully saturated rings. The summed E-state index contributed by atoms with van der Waals surface area (Å²) in [5.41, 5.74) is 2.33. The first-order valence-corrected chi connectivity index (χ1v) is 14.4. The average Bonchev–Trinajstić information content (AvgIpc) is 3.29. The van der Waals surface area contributed by atoms with Crippen LogP contribution in [0.5, 0.6) is 0 Å². The number of hydrogen-bond donors (Lipinski definition) is 1. The molecule has 1 N–H and O–H groups in total. The van der Waals surface area contributed by atoms with Gasteiger partial charge in [0, 0.05) is 25.2 Å². The van der Waals surface area contributed by atoms with Crippen molar-refractivity contribution in [1.82, 2.24) is 24.3 Å². The van der Waals surface area contributed by atoms with Gasteiger partial charge in [0.15, 0.2) is 5.65 Å². The Labute approximate surface area is 226 Å². The number of likely N-dealkylation sites (tertiary alicyclic amines) is 1. The minimum Gasteiger partial charge on any atom is -0.337 e.